The second-order valence-electron chi connectivity index (χ2n) is 10.4. The van der Waals surface area contributed by atoms with E-state index in [1.165, 1.54) is 11.1 Å². The molecular weight excluding hydrogens is 458 g/mol. The van der Waals surface area contributed by atoms with Crippen LogP contribution in [-0.2, 0) is 16.7 Å². The average Bonchev–Trinajstić information content (AvgIpc) is 3.21. The minimum Gasteiger partial charge on any atom is -0.450 e. The van der Waals surface area contributed by atoms with E-state index in [0.29, 0.717) is 42.9 Å². The zero-order valence-electron chi connectivity index (χ0n) is 21.6. The summed E-state index contributed by atoms with van der Waals surface area (Å²) in [6, 6.07) is 8.99. The number of carbonyl (C=O) groups is 2. The number of anilines is 1. The summed E-state index contributed by atoms with van der Waals surface area (Å²) in [5, 5.41) is 7.01. The highest BCUT2D eigenvalue weighted by molar-refractivity contribution is 5.90. The normalized spacial score (nSPS) is 20.3. The smallest absolute Gasteiger partial charge is 0.409 e. The summed E-state index contributed by atoms with van der Waals surface area (Å²) < 4.78 is 10.4. The molecule has 1 aromatic heterocycles. The number of aromatic nitrogens is 1. The topological polar surface area (TPSA) is 91.2 Å². The van der Waals surface area contributed by atoms with Crippen molar-refractivity contribution in [1.29, 1.82) is 0 Å². The molecule has 3 aliphatic heterocycles. The molecule has 1 aromatic carbocycles. The molecule has 1 N–H and O–H groups in total. The van der Waals surface area contributed by atoms with Crippen LogP contribution in [0.4, 0.5) is 15.3 Å². The van der Waals surface area contributed by atoms with Gasteiger partial charge < -0.3 is 29.3 Å². The number of benzene rings is 1. The van der Waals surface area contributed by atoms with Gasteiger partial charge in [-0.3, -0.25) is 0 Å². The molecule has 1 spiro atoms. The van der Waals surface area contributed by atoms with Gasteiger partial charge in [0.1, 0.15) is 11.4 Å². The molecule has 0 saturated carbocycles. The molecule has 2 aromatic rings. The van der Waals surface area contributed by atoms with Crippen LogP contribution in [0.5, 0.6) is 0 Å². The number of piperidine rings is 2. The number of aryl methyl sites for hydroxylation is 2. The van der Waals surface area contributed by atoms with Crippen molar-refractivity contribution in [2.75, 3.05) is 44.6 Å². The van der Waals surface area contributed by atoms with E-state index in [1.807, 2.05) is 30.6 Å². The molecule has 3 aliphatic rings. The van der Waals surface area contributed by atoms with Crippen molar-refractivity contribution in [3.63, 3.8) is 0 Å². The number of urea groups is 1. The highest BCUT2D eigenvalue weighted by atomic mass is 16.6. The molecule has 2 saturated heterocycles. The Morgan fingerprint density at radius 2 is 1.86 bits per heavy atom. The van der Waals surface area contributed by atoms with Gasteiger partial charge in [0.05, 0.1) is 6.61 Å². The fourth-order valence-electron chi connectivity index (χ4n) is 6.25. The van der Waals surface area contributed by atoms with Crippen LogP contribution in [0.25, 0.3) is 0 Å². The number of hydrogen-bond donors (Lipinski definition) is 1. The summed E-state index contributed by atoms with van der Waals surface area (Å²) >= 11 is 0. The fraction of sp³-hybridized carbons (Fsp3) is 0.593. The van der Waals surface area contributed by atoms with E-state index in [0.717, 1.165) is 51.9 Å². The minimum atomic E-state index is -0.192. The first-order chi connectivity index (χ1) is 17.4. The van der Waals surface area contributed by atoms with Crippen molar-refractivity contribution in [2.45, 2.75) is 64.5 Å². The Labute approximate surface area is 214 Å². The van der Waals surface area contributed by atoms with Crippen molar-refractivity contribution in [3.8, 4) is 0 Å². The van der Waals surface area contributed by atoms with Gasteiger partial charge >= 0.3 is 12.1 Å². The second-order valence-corrected chi connectivity index (χ2v) is 10.4. The molecule has 9 heteroatoms. The van der Waals surface area contributed by atoms with Crippen LogP contribution in [0, 0.1) is 13.8 Å². The maximum absolute atomic E-state index is 13.3. The second kappa shape index (κ2) is 10.1. The Bertz CT molecular complexity index is 1090. The van der Waals surface area contributed by atoms with Crippen LogP contribution in [0.2, 0.25) is 0 Å². The first-order valence-electron chi connectivity index (χ1n) is 13.1. The average molecular weight is 498 g/mol. The largest absolute Gasteiger partial charge is 0.450 e. The molecule has 0 bridgehead atoms. The highest BCUT2D eigenvalue weighted by Gasteiger charge is 2.44. The van der Waals surface area contributed by atoms with Gasteiger partial charge in [0.2, 0.25) is 0 Å². The molecule has 0 aliphatic carbocycles. The molecule has 36 heavy (non-hydrogen) atoms. The van der Waals surface area contributed by atoms with Crippen molar-refractivity contribution in [1.82, 2.24) is 19.9 Å². The maximum atomic E-state index is 13.3. The summed E-state index contributed by atoms with van der Waals surface area (Å²) in [7, 11) is 0. The third-order valence-corrected chi connectivity index (χ3v) is 8.26. The molecule has 3 amide bonds. The third-order valence-electron chi connectivity index (χ3n) is 8.26. The molecule has 196 valence electrons. The van der Waals surface area contributed by atoms with E-state index in [9.17, 15) is 9.59 Å². The highest BCUT2D eigenvalue weighted by Crippen LogP contribution is 2.42. The third kappa shape index (κ3) is 4.68. The van der Waals surface area contributed by atoms with Gasteiger partial charge in [0.25, 0.3) is 0 Å². The number of likely N-dealkylation sites (tertiary alicyclic amines) is 2. The lowest BCUT2D eigenvalue weighted by Crippen LogP contribution is -2.56. The number of fused-ring (bicyclic) bond motifs is 2. The van der Waals surface area contributed by atoms with Gasteiger partial charge in [-0.1, -0.05) is 29.4 Å². The van der Waals surface area contributed by atoms with E-state index in [4.69, 9.17) is 9.26 Å². The number of ether oxygens (including phenoxy) is 1. The SMILES string of the molecule is CCOC(=O)N1CCC(N2CCC3(CC2)CN(C(=O)Nc2c(C)noc2C)Cc2ccccc23)CC1.[HH]. The molecule has 5 rings (SSSR count). The lowest BCUT2D eigenvalue weighted by molar-refractivity contribution is 0.0477. The van der Waals surface area contributed by atoms with Crippen molar-refractivity contribution < 1.29 is 20.3 Å². The predicted octanol–water partition coefficient (Wildman–Crippen LogP) is 4.54. The Kier molecular flexibility index (Phi) is 6.92. The minimum absolute atomic E-state index is 0. The molecular formula is C27H39N5O4. The van der Waals surface area contributed by atoms with Crippen LogP contribution >= 0.6 is 0 Å². The van der Waals surface area contributed by atoms with Crippen LogP contribution in [0.3, 0.4) is 0 Å². The van der Waals surface area contributed by atoms with Gasteiger partial charge in [-0.05, 0) is 70.7 Å². The summed E-state index contributed by atoms with van der Waals surface area (Å²) in [5.74, 6) is 0.621. The molecule has 0 unspecified atom stereocenters. The van der Waals surface area contributed by atoms with E-state index < -0.39 is 0 Å². The summed E-state index contributed by atoms with van der Waals surface area (Å²) in [6.45, 7) is 10.7. The standard InChI is InChI=1S/C27H37N5O4.H2/c1-4-35-26(34)31-13-9-22(10-14-31)30-15-11-27(12-16-30)18-32(17-21-7-5-6-8-23(21)27)25(33)28-24-19(2)29-36-20(24)3;/h5-8,22H,4,9-18H2,1-3H3,(H,28,33);1H. The van der Waals surface area contributed by atoms with Gasteiger partial charge in [-0.15, -0.1) is 0 Å². The van der Waals surface area contributed by atoms with Crippen molar-refractivity contribution >= 4 is 17.8 Å². The van der Waals surface area contributed by atoms with Gasteiger partial charge in [0, 0.05) is 39.1 Å². The van der Waals surface area contributed by atoms with E-state index >= 15 is 0 Å². The Morgan fingerprint density at radius 3 is 2.53 bits per heavy atom. The zero-order valence-corrected chi connectivity index (χ0v) is 21.6. The first-order valence-corrected chi connectivity index (χ1v) is 13.1. The molecule has 0 atom stereocenters. The van der Waals surface area contributed by atoms with Crippen LogP contribution < -0.4 is 5.32 Å². The monoisotopic (exact) mass is 497 g/mol. The first kappa shape index (κ1) is 24.6. The van der Waals surface area contributed by atoms with E-state index in [-0.39, 0.29) is 19.0 Å². The van der Waals surface area contributed by atoms with Crippen LogP contribution in [0.1, 0.15) is 56.6 Å². The molecule has 4 heterocycles. The van der Waals surface area contributed by atoms with Crippen LogP contribution in [0.15, 0.2) is 28.8 Å². The molecule has 0 radical (unpaired) electrons. The van der Waals surface area contributed by atoms with Gasteiger partial charge in [-0.2, -0.15) is 0 Å². The summed E-state index contributed by atoms with van der Waals surface area (Å²) in [6.07, 6.45) is 3.79. The van der Waals surface area contributed by atoms with E-state index in [2.05, 4.69) is 39.6 Å². The summed E-state index contributed by atoms with van der Waals surface area (Å²) in [5.41, 5.74) is 3.93. The lowest BCUT2D eigenvalue weighted by atomic mass is 9.68. The Balaban J connectivity index is 0.00000320. The number of nitrogens with one attached hydrogen (secondary N) is 1. The lowest BCUT2D eigenvalue weighted by Gasteiger charge is -2.50. The molecule has 2 fully saturated rings. The van der Waals surface area contributed by atoms with Gasteiger partial charge in [0.15, 0.2) is 5.76 Å². The number of nitrogens with zero attached hydrogens (tertiary/aromatic N) is 4. The maximum Gasteiger partial charge on any atom is 0.409 e. The van der Waals surface area contributed by atoms with Gasteiger partial charge in [-0.25, -0.2) is 9.59 Å². The Hall–Kier alpha value is -3.07. The fourth-order valence-corrected chi connectivity index (χ4v) is 6.25. The Morgan fingerprint density at radius 1 is 1.14 bits per heavy atom. The predicted molar refractivity (Wildman–Crippen MR) is 138 cm³/mol. The number of rotatable bonds is 3. The number of hydrogen-bond acceptors (Lipinski definition) is 6. The zero-order chi connectivity index (χ0) is 25.3. The summed E-state index contributed by atoms with van der Waals surface area (Å²) in [4.78, 5) is 31.8. The van der Waals surface area contributed by atoms with Crippen molar-refractivity contribution in [2.24, 2.45) is 0 Å². The molecule has 9 nitrogen and oxygen atoms in total. The quantitative estimate of drug-likeness (QED) is 0.670. The van der Waals surface area contributed by atoms with Crippen molar-refractivity contribution in [3.05, 3.63) is 46.8 Å². The number of amides is 3. The van der Waals surface area contributed by atoms with E-state index in [1.54, 1.807) is 0 Å². The van der Waals surface area contributed by atoms with Crippen LogP contribution in [-0.4, -0.2) is 77.4 Å². The number of carbonyl (C=O) groups excluding carboxylic acids is 2.